The number of aliphatic hydroxyl groups is 5. The van der Waals surface area contributed by atoms with Crippen molar-refractivity contribution >= 4 is 65.1 Å². The van der Waals surface area contributed by atoms with E-state index in [1.165, 1.54) is 60.7 Å². The van der Waals surface area contributed by atoms with E-state index in [-0.39, 0.29) is 16.7 Å². The Morgan fingerprint density at radius 1 is 0.371 bits per heavy atom. The minimum Gasteiger partial charge on any atom is -0.393 e. The second kappa shape index (κ2) is 20.3. The van der Waals surface area contributed by atoms with Crippen LogP contribution >= 0.6 is 0 Å². The predicted molar refractivity (Wildman–Crippen MR) is 234 cm³/mol. The summed E-state index contributed by atoms with van der Waals surface area (Å²) in [5.74, 6) is -11.6. The Hall–Kier alpha value is -7.38. The summed E-state index contributed by atoms with van der Waals surface area (Å²) in [6, 6.07) is 39.1. The standard InChI is InChI=1S/C51H42O11/c52-36-48(59,43(54)32-27-38-18-8-2-9-19-38)50(61,45(56)34-29-40-22-12-4-13-23-40)51(62,46(57)35-30-41-24-14-5-15-25-41)49(60,44(55)33-28-39-20-10-3-11-21-39)47(58)42(53)31-26-37-16-6-1-7-17-37/h1-35,52,59-62H,36H2/t48-,49-,50+,51+/m0/s1. The van der Waals surface area contributed by atoms with Crippen LogP contribution in [0.3, 0.4) is 0 Å². The molecule has 0 unspecified atom stereocenters. The summed E-state index contributed by atoms with van der Waals surface area (Å²) >= 11 is 0. The molecule has 11 nitrogen and oxygen atoms in total. The summed E-state index contributed by atoms with van der Waals surface area (Å²) in [5.41, 5.74) is -16.5. The van der Waals surface area contributed by atoms with Crippen LogP contribution in [0.2, 0.25) is 0 Å². The number of aliphatic hydroxyl groups excluding tert-OH is 1. The number of Topliss-reactive ketones (excluding diaryl/α,β-unsaturated/α-hetero) is 1. The number of ketones is 6. The Labute approximate surface area is 357 Å². The lowest BCUT2D eigenvalue weighted by Gasteiger charge is -2.52. The highest BCUT2D eigenvalue weighted by Gasteiger charge is 2.80. The SMILES string of the molecule is O=C(C=Cc1ccccc1)C(=O)[C@@](O)(C(=O)C=Cc1ccccc1)[C@](O)(C(=O)C=Cc1ccccc1)[C@@](O)(C(=O)C=Cc1ccccc1)[C@](O)(CO)C(=O)C=Cc1ccccc1. The van der Waals surface area contributed by atoms with E-state index < -0.39 is 63.7 Å². The summed E-state index contributed by atoms with van der Waals surface area (Å²) < 4.78 is 0. The molecule has 0 spiro atoms. The van der Waals surface area contributed by atoms with Crippen LogP contribution in [0.1, 0.15) is 27.8 Å². The van der Waals surface area contributed by atoms with Crippen molar-refractivity contribution in [2.75, 3.05) is 6.61 Å². The van der Waals surface area contributed by atoms with Gasteiger partial charge in [-0.1, -0.05) is 182 Å². The highest BCUT2D eigenvalue weighted by atomic mass is 16.4. The molecule has 5 aromatic carbocycles. The lowest BCUT2D eigenvalue weighted by Crippen LogP contribution is -2.86. The van der Waals surface area contributed by atoms with Crippen molar-refractivity contribution < 1.29 is 54.3 Å². The average molecular weight is 831 g/mol. The van der Waals surface area contributed by atoms with Crippen LogP contribution in [0.4, 0.5) is 0 Å². The van der Waals surface area contributed by atoms with Crippen LogP contribution in [-0.4, -0.2) is 89.2 Å². The molecular formula is C51H42O11. The van der Waals surface area contributed by atoms with Crippen LogP contribution in [0, 0.1) is 0 Å². The van der Waals surface area contributed by atoms with Crippen LogP contribution in [0.5, 0.6) is 0 Å². The number of carbonyl (C=O) groups excluding carboxylic acids is 6. The van der Waals surface area contributed by atoms with Crippen molar-refractivity contribution in [3.05, 3.63) is 210 Å². The first-order chi connectivity index (χ1) is 29.7. The van der Waals surface area contributed by atoms with Gasteiger partial charge in [0.15, 0.2) is 28.7 Å². The molecule has 5 N–H and O–H groups in total. The quantitative estimate of drug-likeness (QED) is 0.0406. The third-order valence-corrected chi connectivity index (χ3v) is 10.0. The van der Waals surface area contributed by atoms with Gasteiger partial charge in [0.1, 0.15) is 0 Å². The number of hydrogen-bond acceptors (Lipinski definition) is 11. The molecular weight excluding hydrogens is 789 g/mol. The summed E-state index contributed by atoms with van der Waals surface area (Å²) in [6.45, 7) is -1.97. The summed E-state index contributed by atoms with van der Waals surface area (Å²) in [6.07, 6.45) is 8.03. The fourth-order valence-electron chi connectivity index (χ4n) is 6.56. The fraction of sp³-hybridized carbons (Fsp3) is 0.0980. The molecule has 0 saturated heterocycles. The van der Waals surface area contributed by atoms with Gasteiger partial charge in [0.2, 0.25) is 28.4 Å². The minimum absolute atomic E-state index is 0.244. The highest BCUT2D eigenvalue weighted by molar-refractivity contribution is 6.51. The highest BCUT2D eigenvalue weighted by Crippen LogP contribution is 2.45. The molecule has 0 bridgehead atoms. The van der Waals surface area contributed by atoms with E-state index in [0.717, 1.165) is 30.4 Å². The molecule has 0 amide bonds. The van der Waals surface area contributed by atoms with Crippen molar-refractivity contribution in [1.82, 2.24) is 0 Å². The molecule has 0 aliphatic carbocycles. The summed E-state index contributed by atoms with van der Waals surface area (Å²) in [5, 5.41) is 62.4. The molecule has 62 heavy (non-hydrogen) atoms. The average Bonchev–Trinajstić information content (AvgIpc) is 3.32. The zero-order valence-electron chi connectivity index (χ0n) is 33.1. The zero-order chi connectivity index (χ0) is 44.8. The molecule has 4 atom stereocenters. The maximum atomic E-state index is 14.9. The smallest absolute Gasteiger partial charge is 0.245 e. The summed E-state index contributed by atoms with van der Waals surface area (Å²) in [4.78, 5) is 87.4. The number of rotatable bonds is 20. The lowest BCUT2D eigenvalue weighted by atomic mass is 9.56. The molecule has 0 aliphatic rings. The Balaban J connectivity index is 1.87. The van der Waals surface area contributed by atoms with Crippen molar-refractivity contribution in [2.24, 2.45) is 0 Å². The molecule has 0 aromatic heterocycles. The normalized spacial score (nSPS) is 15.8. The molecule has 5 rings (SSSR count). The number of allylic oxidation sites excluding steroid dienone is 1. The molecule has 0 fully saturated rings. The van der Waals surface area contributed by atoms with Gasteiger partial charge in [0, 0.05) is 0 Å². The first-order valence-electron chi connectivity index (χ1n) is 19.1. The van der Waals surface area contributed by atoms with Gasteiger partial charge < -0.3 is 25.5 Å². The van der Waals surface area contributed by atoms with E-state index in [2.05, 4.69) is 0 Å². The number of benzene rings is 5. The van der Waals surface area contributed by atoms with E-state index in [9.17, 15) is 54.3 Å². The first kappa shape index (κ1) is 45.7. The molecule has 0 radical (unpaired) electrons. The third-order valence-electron chi connectivity index (χ3n) is 10.0. The van der Waals surface area contributed by atoms with Crippen molar-refractivity contribution in [3.63, 3.8) is 0 Å². The van der Waals surface area contributed by atoms with Crippen molar-refractivity contribution in [1.29, 1.82) is 0 Å². The van der Waals surface area contributed by atoms with Gasteiger partial charge >= 0.3 is 0 Å². The van der Waals surface area contributed by atoms with E-state index in [1.807, 2.05) is 0 Å². The van der Waals surface area contributed by atoms with Crippen molar-refractivity contribution in [2.45, 2.75) is 22.4 Å². The molecule has 5 aromatic rings. The third kappa shape index (κ3) is 9.48. The van der Waals surface area contributed by atoms with Gasteiger partial charge in [-0.25, -0.2) is 0 Å². The van der Waals surface area contributed by atoms with Crippen molar-refractivity contribution in [3.8, 4) is 0 Å². The first-order valence-corrected chi connectivity index (χ1v) is 19.1. The Morgan fingerprint density at radius 3 is 0.968 bits per heavy atom. The van der Waals surface area contributed by atoms with Crippen LogP contribution in [0.25, 0.3) is 30.4 Å². The van der Waals surface area contributed by atoms with E-state index >= 15 is 0 Å². The molecule has 0 aliphatic heterocycles. The van der Waals surface area contributed by atoms with E-state index in [4.69, 9.17) is 0 Å². The zero-order valence-corrected chi connectivity index (χ0v) is 33.1. The Kier molecular flexibility index (Phi) is 14.9. The Morgan fingerprint density at radius 2 is 0.645 bits per heavy atom. The topological polar surface area (TPSA) is 204 Å². The van der Waals surface area contributed by atoms with Gasteiger partial charge in [-0.05, 0) is 58.2 Å². The fourth-order valence-corrected chi connectivity index (χ4v) is 6.56. The van der Waals surface area contributed by atoms with Gasteiger partial charge in [0.25, 0.3) is 0 Å². The maximum absolute atomic E-state index is 14.9. The van der Waals surface area contributed by atoms with Gasteiger partial charge in [0.05, 0.1) is 6.61 Å². The largest absolute Gasteiger partial charge is 0.393 e. The van der Waals surface area contributed by atoms with Crippen LogP contribution in [0.15, 0.2) is 182 Å². The second-order valence-corrected chi connectivity index (χ2v) is 14.0. The molecule has 312 valence electrons. The molecule has 11 heteroatoms. The molecule has 0 saturated carbocycles. The molecule has 0 heterocycles. The van der Waals surface area contributed by atoms with Gasteiger partial charge in [-0.3, -0.25) is 28.8 Å². The Bertz CT molecular complexity index is 2550. The predicted octanol–water partition coefficient (Wildman–Crippen LogP) is 4.88. The summed E-state index contributed by atoms with van der Waals surface area (Å²) in [7, 11) is 0. The van der Waals surface area contributed by atoms with Crippen LogP contribution < -0.4 is 0 Å². The monoisotopic (exact) mass is 830 g/mol. The minimum atomic E-state index is -4.72. The maximum Gasteiger partial charge on any atom is 0.245 e. The van der Waals surface area contributed by atoms with Gasteiger partial charge in [-0.15, -0.1) is 0 Å². The van der Waals surface area contributed by atoms with E-state index in [0.29, 0.717) is 41.5 Å². The number of carbonyl (C=O) groups is 6. The van der Waals surface area contributed by atoms with Gasteiger partial charge in [-0.2, -0.15) is 0 Å². The lowest BCUT2D eigenvalue weighted by molar-refractivity contribution is -0.261. The van der Waals surface area contributed by atoms with Crippen LogP contribution in [-0.2, 0) is 28.8 Å². The number of hydrogen-bond donors (Lipinski definition) is 5. The van der Waals surface area contributed by atoms with E-state index in [1.54, 1.807) is 91.0 Å². The second-order valence-electron chi connectivity index (χ2n) is 14.0.